The predicted octanol–water partition coefficient (Wildman–Crippen LogP) is 2.14. The van der Waals surface area contributed by atoms with Crippen molar-refractivity contribution in [3.05, 3.63) is 33.9 Å². The van der Waals surface area contributed by atoms with Crippen LogP contribution in [0.5, 0.6) is 0 Å². The highest BCUT2D eigenvalue weighted by molar-refractivity contribution is 6.01. The topological polar surface area (TPSA) is 102 Å². The molecule has 0 aliphatic heterocycles. The number of hydrogen-bond acceptors (Lipinski definition) is 5. The summed E-state index contributed by atoms with van der Waals surface area (Å²) in [5.41, 5.74) is 2.29. The molecule has 0 heterocycles. The fourth-order valence-electron chi connectivity index (χ4n) is 2.02. The van der Waals surface area contributed by atoms with E-state index in [1.165, 1.54) is 18.2 Å². The summed E-state index contributed by atoms with van der Waals surface area (Å²) in [6.45, 7) is 3.98. The van der Waals surface area contributed by atoms with Gasteiger partial charge in [-0.05, 0) is 19.4 Å². The van der Waals surface area contributed by atoms with E-state index >= 15 is 0 Å². The molecule has 0 aliphatic carbocycles. The smallest absolute Gasteiger partial charge is 0.294 e. The lowest BCUT2D eigenvalue weighted by molar-refractivity contribution is -0.384. The van der Waals surface area contributed by atoms with E-state index < -0.39 is 4.92 Å². The van der Waals surface area contributed by atoms with Gasteiger partial charge in [-0.3, -0.25) is 20.8 Å². The molecular weight excluding hydrogens is 260 g/mol. The van der Waals surface area contributed by atoms with E-state index in [1.807, 2.05) is 13.8 Å². The standard InChI is InChI=1S/C13H20N4O3/c1-4-6-9(2)16(3)13(18)10-7-5-8-11(17(19)20)12(10)15-14/h5,7-9,15H,4,6,14H2,1-3H3. The highest BCUT2D eigenvalue weighted by atomic mass is 16.6. The van der Waals surface area contributed by atoms with E-state index in [2.05, 4.69) is 5.43 Å². The third kappa shape index (κ3) is 3.24. The maximum absolute atomic E-state index is 12.4. The van der Waals surface area contributed by atoms with Gasteiger partial charge in [-0.15, -0.1) is 0 Å². The molecule has 0 radical (unpaired) electrons. The number of nitrogens with two attached hydrogens (primary N) is 1. The van der Waals surface area contributed by atoms with Gasteiger partial charge in [0, 0.05) is 19.2 Å². The molecule has 0 saturated carbocycles. The molecule has 20 heavy (non-hydrogen) atoms. The number of nitrogens with one attached hydrogen (secondary N) is 1. The number of nitrogens with zero attached hydrogens (tertiary/aromatic N) is 2. The molecule has 7 heteroatoms. The van der Waals surface area contributed by atoms with Crippen molar-refractivity contribution in [2.24, 2.45) is 5.84 Å². The summed E-state index contributed by atoms with van der Waals surface area (Å²) >= 11 is 0. The molecule has 0 fully saturated rings. The van der Waals surface area contributed by atoms with Crippen LogP contribution < -0.4 is 11.3 Å². The van der Waals surface area contributed by atoms with Gasteiger partial charge in [0.1, 0.15) is 5.69 Å². The van der Waals surface area contributed by atoms with E-state index in [9.17, 15) is 14.9 Å². The zero-order valence-corrected chi connectivity index (χ0v) is 11.9. The van der Waals surface area contributed by atoms with E-state index in [0.29, 0.717) is 0 Å². The Bertz CT molecular complexity index is 504. The Labute approximate surface area is 117 Å². The van der Waals surface area contributed by atoms with Crippen LogP contribution in [0.2, 0.25) is 0 Å². The van der Waals surface area contributed by atoms with Crippen LogP contribution in [0.4, 0.5) is 11.4 Å². The minimum atomic E-state index is -0.568. The number of nitro benzene ring substituents is 1. The number of hydrazine groups is 1. The van der Waals surface area contributed by atoms with Gasteiger partial charge in [0.2, 0.25) is 0 Å². The third-order valence-electron chi connectivity index (χ3n) is 3.30. The molecule has 1 amide bonds. The first-order valence-electron chi connectivity index (χ1n) is 6.45. The van der Waals surface area contributed by atoms with Crippen LogP contribution in [0, 0.1) is 10.1 Å². The number of amides is 1. The summed E-state index contributed by atoms with van der Waals surface area (Å²) in [6.07, 6.45) is 1.82. The van der Waals surface area contributed by atoms with Gasteiger partial charge < -0.3 is 10.3 Å². The zero-order valence-electron chi connectivity index (χ0n) is 11.9. The quantitative estimate of drug-likeness (QED) is 0.472. The molecular formula is C13H20N4O3. The predicted molar refractivity (Wildman–Crippen MR) is 77.4 cm³/mol. The van der Waals surface area contributed by atoms with Gasteiger partial charge in [-0.25, -0.2) is 0 Å². The molecule has 1 rings (SSSR count). The van der Waals surface area contributed by atoms with Crippen molar-refractivity contribution in [1.82, 2.24) is 4.90 Å². The average Bonchev–Trinajstić information content (AvgIpc) is 2.44. The van der Waals surface area contributed by atoms with Crippen molar-refractivity contribution in [2.45, 2.75) is 32.7 Å². The van der Waals surface area contributed by atoms with E-state index in [1.54, 1.807) is 11.9 Å². The number of nitrogen functional groups attached to an aromatic ring is 1. The Kier molecular flexibility index (Phi) is 5.45. The van der Waals surface area contributed by atoms with Crippen molar-refractivity contribution >= 4 is 17.3 Å². The molecule has 1 unspecified atom stereocenters. The summed E-state index contributed by atoms with van der Waals surface area (Å²) in [4.78, 5) is 24.4. The van der Waals surface area contributed by atoms with Crippen molar-refractivity contribution in [1.29, 1.82) is 0 Å². The average molecular weight is 280 g/mol. The molecule has 0 bridgehead atoms. The second-order valence-corrected chi connectivity index (χ2v) is 4.65. The second kappa shape index (κ2) is 6.85. The molecule has 0 aliphatic rings. The Balaban J connectivity index is 3.16. The van der Waals surface area contributed by atoms with Crippen LogP contribution in [0.1, 0.15) is 37.0 Å². The molecule has 1 atom stereocenters. The normalized spacial score (nSPS) is 11.8. The number of nitro groups is 1. The molecule has 7 nitrogen and oxygen atoms in total. The Hall–Kier alpha value is -2.15. The van der Waals surface area contributed by atoms with Crippen LogP contribution in [0.25, 0.3) is 0 Å². The summed E-state index contributed by atoms with van der Waals surface area (Å²) in [7, 11) is 1.68. The van der Waals surface area contributed by atoms with E-state index in [0.717, 1.165) is 12.8 Å². The highest BCUT2D eigenvalue weighted by Gasteiger charge is 2.24. The number of hydrogen-bond donors (Lipinski definition) is 2. The van der Waals surface area contributed by atoms with Crippen LogP contribution in [-0.4, -0.2) is 28.8 Å². The van der Waals surface area contributed by atoms with Gasteiger partial charge in [0.15, 0.2) is 0 Å². The minimum absolute atomic E-state index is 0.0399. The molecule has 1 aromatic rings. The zero-order chi connectivity index (χ0) is 15.3. The van der Waals surface area contributed by atoms with Gasteiger partial charge in [-0.1, -0.05) is 19.4 Å². The third-order valence-corrected chi connectivity index (χ3v) is 3.30. The Morgan fingerprint density at radius 3 is 2.70 bits per heavy atom. The lowest BCUT2D eigenvalue weighted by Crippen LogP contribution is -2.35. The maximum Gasteiger partial charge on any atom is 0.294 e. The first-order chi connectivity index (χ1) is 9.43. The van der Waals surface area contributed by atoms with Crippen LogP contribution in [-0.2, 0) is 0 Å². The number of rotatable bonds is 6. The second-order valence-electron chi connectivity index (χ2n) is 4.65. The fourth-order valence-corrected chi connectivity index (χ4v) is 2.02. The highest BCUT2D eigenvalue weighted by Crippen LogP contribution is 2.28. The van der Waals surface area contributed by atoms with Gasteiger partial charge in [-0.2, -0.15) is 0 Å². The number of benzene rings is 1. The van der Waals surface area contributed by atoms with Crippen LogP contribution in [0.3, 0.4) is 0 Å². The van der Waals surface area contributed by atoms with Gasteiger partial charge in [0.05, 0.1) is 10.5 Å². The maximum atomic E-state index is 12.4. The summed E-state index contributed by atoms with van der Waals surface area (Å²) in [5, 5.41) is 10.9. The van der Waals surface area contributed by atoms with Crippen LogP contribution >= 0.6 is 0 Å². The SMILES string of the molecule is CCCC(C)N(C)C(=O)c1cccc([N+](=O)[O-])c1NN. The van der Waals surface area contributed by atoms with E-state index in [-0.39, 0.29) is 28.9 Å². The first kappa shape index (κ1) is 15.9. The molecule has 1 aromatic carbocycles. The largest absolute Gasteiger partial charge is 0.339 e. The van der Waals surface area contributed by atoms with E-state index in [4.69, 9.17) is 5.84 Å². The summed E-state index contributed by atoms with van der Waals surface area (Å²) in [5.74, 6) is 5.05. The molecule has 0 spiro atoms. The minimum Gasteiger partial charge on any atom is -0.339 e. The molecule has 110 valence electrons. The number of carbonyl (C=O) groups excluding carboxylic acids is 1. The van der Waals surface area contributed by atoms with Gasteiger partial charge in [0.25, 0.3) is 11.6 Å². The number of carbonyl (C=O) groups is 1. The summed E-state index contributed by atoms with van der Waals surface area (Å²) in [6, 6.07) is 4.36. The van der Waals surface area contributed by atoms with Crippen molar-refractivity contribution in [3.8, 4) is 0 Å². The van der Waals surface area contributed by atoms with Crippen molar-refractivity contribution in [3.63, 3.8) is 0 Å². The lowest BCUT2D eigenvalue weighted by atomic mass is 10.1. The molecule has 0 aromatic heterocycles. The first-order valence-corrected chi connectivity index (χ1v) is 6.45. The fraction of sp³-hybridized carbons (Fsp3) is 0.462. The Morgan fingerprint density at radius 1 is 1.55 bits per heavy atom. The summed E-state index contributed by atoms with van der Waals surface area (Å²) < 4.78 is 0. The van der Waals surface area contributed by atoms with Crippen LogP contribution in [0.15, 0.2) is 18.2 Å². The van der Waals surface area contributed by atoms with Crippen molar-refractivity contribution in [2.75, 3.05) is 12.5 Å². The van der Waals surface area contributed by atoms with Crippen molar-refractivity contribution < 1.29 is 9.72 Å². The number of anilines is 1. The number of para-hydroxylation sites is 1. The lowest BCUT2D eigenvalue weighted by Gasteiger charge is -2.25. The van der Waals surface area contributed by atoms with Gasteiger partial charge >= 0.3 is 0 Å². The monoisotopic (exact) mass is 280 g/mol. The molecule has 3 N–H and O–H groups in total. The molecule has 0 saturated heterocycles. The Morgan fingerprint density at radius 2 is 2.20 bits per heavy atom.